The predicted molar refractivity (Wildman–Crippen MR) is 83.7 cm³/mol. The van der Waals surface area contributed by atoms with Crippen LogP contribution >= 0.6 is 0 Å². The Morgan fingerprint density at radius 3 is 2.75 bits per heavy atom. The summed E-state index contributed by atoms with van der Waals surface area (Å²) < 4.78 is 0. The Morgan fingerprint density at radius 2 is 2.10 bits per heavy atom. The summed E-state index contributed by atoms with van der Waals surface area (Å²) in [5, 5.41) is 13.0. The van der Waals surface area contributed by atoms with Crippen LogP contribution in [0.1, 0.15) is 37.8 Å². The third-order valence-electron chi connectivity index (χ3n) is 4.38. The topological polar surface area (TPSA) is 35.5 Å². The van der Waals surface area contributed by atoms with E-state index in [1.807, 2.05) is 0 Å². The number of aliphatic hydroxyl groups excluding tert-OH is 1. The van der Waals surface area contributed by atoms with Gasteiger partial charge in [0.25, 0.3) is 0 Å². The summed E-state index contributed by atoms with van der Waals surface area (Å²) in [5.74, 6) is 0.675. The van der Waals surface area contributed by atoms with Crippen LogP contribution in [0.2, 0.25) is 0 Å². The van der Waals surface area contributed by atoms with E-state index in [4.69, 9.17) is 5.11 Å². The normalized spacial score (nSPS) is 25.6. The first-order valence-electron chi connectivity index (χ1n) is 7.81. The van der Waals surface area contributed by atoms with Gasteiger partial charge in [-0.25, -0.2) is 0 Å². The number of hydrogen-bond acceptors (Lipinski definition) is 3. The molecule has 3 atom stereocenters. The maximum Gasteiger partial charge on any atom is 0.0431 e. The van der Waals surface area contributed by atoms with Gasteiger partial charge in [0.15, 0.2) is 0 Å². The van der Waals surface area contributed by atoms with Gasteiger partial charge < -0.3 is 15.3 Å². The minimum atomic E-state index is 0.272. The summed E-state index contributed by atoms with van der Waals surface area (Å²) in [7, 11) is 2.20. The van der Waals surface area contributed by atoms with Crippen LogP contribution in [0.5, 0.6) is 0 Å². The van der Waals surface area contributed by atoms with Gasteiger partial charge >= 0.3 is 0 Å². The molecule has 3 heteroatoms. The Hall–Kier alpha value is -0.900. The third-order valence-corrected chi connectivity index (χ3v) is 4.38. The number of likely N-dealkylation sites (tertiary alicyclic amines) is 1. The van der Waals surface area contributed by atoms with Gasteiger partial charge in [-0.05, 0) is 44.3 Å². The van der Waals surface area contributed by atoms with E-state index in [1.165, 1.54) is 25.1 Å². The molecular formula is C17H28N2O. The van der Waals surface area contributed by atoms with Crippen LogP contribution < -0.4 is 5.32 Å². The van der Waals surface area contributed by atoms with E-state index in [9.17, 15) is 0 Å². The largest absolute Gasteiger partial charge is 0.396 e. The number of piperidine rings is 1. The highest BCUT2D eigenvalue weighted by molar-refractivity contribution is 5.19. The van der Waals surface area contributed by atoms with Gasteiger partial charge in [-0.3, -0.25) is 0 Å². The Bertz CT molecular complexity index is 382. The molecule has 1 heterocycles. The fraction of sp³-hybridized carbons (Fsp3) is 0.647. The van der Waals surface area contributed by atoms with Gasteiger partial charge in [-0.1, -0.05) is 37.3 Å². The number of benzene rings is 1. The van der Waals surface area contributed by atoms with Crippen LogP contribution in [0.4, 0.5) is 0 Å². The van der Waals surface area contributed by atoms with Crippen LogP contribution in [0, 0.1) is 5.92 Å². The zero-order chi connectivity index (χ0) is 14.4. The number of aliphatic hydroxyl groups is 1. The van der Waals surface area contributed by atoms with E-state index in [2.05, 4.69) is 54.5 Å². The highest BCUT2D eigenvalue weighted by Gasteiger charge is 2.26. The quantitative estimate of drug-likeness (QED) is 0.837. The molecule has 2 N–H and O–H groups in total. The molecule has 0 saturated carbocycles. The third kappa shape index (κ3) is 4.30. The SMILES string of the molecule is CC1CN(C)CCC1NC(CCCO)c1ccccc1. The Labute approximate surface area is 123 Å². The molecule has 1 aliphatic rings. The first kappa shape index (κ1) is 15.5. The zero-order valence-electron chi connectivity index (χ0n) is 12.8. The summed E-state index contributed by atoms with van der Waals surface area (Å²) in [4.78, 5) is 2.41. The summed E-state index contributed by atoms with van der Waals surface area (Å²) in [6, 6.07) is 11.6. The molecule has 2 rings (SSSR count). The van der Waals surface area contributed by atoms with E-state index in [1.54, 1.807) is 0 Å². The number of hydrogen-bond donors (Lipinski definition) is 2. The monoisotopic (exact) mass is 276 g/mol. The van der Waals surface area contributed by atoms with Gasteiger partial charge in [0.1, 0.15) is 0 Å². The van der Waals surface area contributed by atoms with Gasteiger partial charge in [-0.15, -0.1) is 0 Å². The van der Waals surface area contributed by atoms with E-state index < -0.39 is 0 Å². The average Bonchev–Trinajstić information content (AvgIpc) is 2.46. The number of nitrogens with zero attached hydrogens (tertiary/aromatic N) is 1. The minimum Gasteiger partial charge on any atom is -0.396 e. The lowest BCUT2D eigenvalue weighted by atomic mass is 9.91. The van der Waals surface area contributed by atoms with Crippen LogP contribution in [-0.2, 0) is 0 Å². The summed E-state index contributed by atoms with van der Waals surface area (Å²) in [6.45, 7) is 4.94. The predicted octanol–water partition coefficient (Wildman–Crippen LogP) is 2.43. The van der Waals surface area contributed by atoms with Crippen LogP contribution in [-0.4, -0.2) is 42.8 Å². The molecule has 3 nitrogen and oxygen atoms in total. The smallest absolute Gasteiger partial charge is 0.0431 e. The molecule has 0 radical (unpaired) electrons. The van der Waals surface area contributed by atoms with E-state index in [-0.39, 0.29) is 6.61 Å². The van der Waals surface area contributed by atoms with E-state index in [0.29, 0.717) is 18.0 Å². The average molecular weight is 276 g/mol. The second kappa shape index (κ2) is 7.77. The highest BCUT2D eigenvalue weighted by Crippen LogP contribution is 2.23. The van der Waals surface area contributed by atoms with Crippen molar-refractivity contribution in [2.75, 3.05) is 26.7 Å². The lowest BCUT2D eigenvalue weighted by Gasteiger charge is -2.37. The Balaban J connectivity index is 2.00. The van der Waals surface area contributed by atoms with E-state index in [0.717, 1.165) is 12.8 Å². The standard InChI is InChI=1S/C17H28N2O/c1-14-13-19(2)11-10-16(14)18-17(9-6-12-20)15-7-4-3-5-8-15/h3-5,7-8,14,16-18,20H,6,9-13H2,1-2H3. The molecule has 112 valence electrons. The molecule has 0 bridgehead atoms. The van der Waals surface area contributed by atoms with Crippen molar-refractivity contribution in [1.29, 1.82) is 0 Å². The number of nitrogens with one attached hydrogen (secondary N) is 1. The van der Waals surface area contributed by atoms with Crippen molar-refractivity contribution in [3.63, 3.8) is 0 Å². The van der Waals surface area contributed by atoms with Crippen molar-refractivity contribution >= 4 is 0 Å². The molecule has 1 aliphatic heterocycles. The van der Waals surface area contributed by atoms with Crippen molar-refractivity contribution in [2.45, 2.75) is 38.3 Å². The first-order chi connectivity index (χ1) is 9.70. The zero-order valence-corrected chi connectivity index (χ0v) is 12.8. The Morgan fingerprint density at radius 1 is 1.35 bits per heavy atom. The Kier molecular flexibility index (Phi) is 6.02. The molecule has 0 amide bonds. The number of rotatable bonds is 6. The minimum absolute atomic E-state index is 0.272. The van der Waals surface area contributed by atoms with Crippen molar-refractivity contribution in [3.05, 3.63) is 35.9 Å². The van der Waals surface area contributed by atoms with Crippen LogP contribution in [0.3, 0.4) is 0 Å². The fourth-order valence-electron chi connectivity index (χ4n) is 3.19. The molecular weight excluding hydrogens is 248 g/mol. The molecule has 3 unspecified atom stereocenters. The molecule has 20 heavy (non-hydrogen) atoms. The van der Waals surface area contributed by atoms with Crippen LogP contribution in [0.15, 0.2) is 30.3 Å². The molecule has 1 aromatic carbocycles. The van der Waals surface area contributed by atoms with Crippen LogP contribution in [0.25, 0.3) is 0 Å². The maximum absolute atomic E-state index is 9.12. The van der Waals surface area contributed by atoms with Crippen molar-refractivity contribution in [2.24, 2.45) is 5.92 Å². The van der Waals surface area contributed by atoms with E-state index >= 15 is 0 Å². The van der Waals surface area contributed by atoms with Crippen molar-refractivity contribution < 1.29 is 5.11 Å². The van der Waals surface area contributed by atoms with Gasteiger partial charge in [0.2, 0.25) is 0 Å². The molecule has 1 saturated heterocycles. The van der Waals surface area contributed by atoms with Crippen molar-refractivity contribution in [1.82, 2.24) is 10.2 Å². The van der Waals surface area contributed by atoms with Gasteiger partial charge in [0.05, 0.1) is 0 Å². The summed E-state index contributed by atoms with van der Waals surface area (Å²) in [6.07, 6.45) is 3.06. The maximum atomic E-state index is 9.12. The fourth-order valence-corrected chi connectivity index (χ4v) is 3.19. The lowest BCUT2D eigenvalue weighted by Crippen LogP contribution is -2.48. The molecule has 1 aromatic rings. The molecule has 1 fully saturated rings. The molecule has 0 spiro atoms. The highest BCUT2D eigenvalue weighted by atomic mass is 16.2. The second-order valence-corrected chi connectivity index (χ2v) is 6.13. The summed E-state index contributed by atoms with van der Waals surface area (Å²) in [5.41, 5.74) is 1.34. The molecule has 0 aromatic heterocycles. The second-order valence-electron chi connectivity index (χ2n) is 6.13. The molecule has 0 aliphatic carbocycles. The van der Waals surface area contributed by atoms with Gasteiger partial charge in [0, 0.05) is 25.2 Å². The summed E-state index contributed by atoms with van der Waals surface area (Å²) >= 11 is 0. The van der Waals surface area contributed by atoms with Gasteiger partial charge in [-0.2, -0.15) is 0 Å². The first-order valence-corrected chi connectivity index (χ1v) is 7.81. The van der Waals surface area contributed by atoms with Crippen molar-refractivity contribution in [3.8, 4) is 0 Å². The lowest BCUT2D eigenvalue weighted by molar-refractivity contribution is 0.162.